The summed E-state index contributed by atoms with van der Waals surface area (Å²) in [6, 6.07) is 0. The lowest BCUT2D eigenvalue weighted by Crippen LogP contribution is -2.45. The molecule has 240 valence electrons. The molecule has 4 bridgehead atoms. The van der Waals surface area contributed by atoms with Crippen molar-refractivity contribution in [3.05, 3.63) is 25.3 Å². The maximum Gasteiger partial charge on any atom is 0.386 e. The fourth-order valence-electron chi connectivity index (χ4n) is 5.90. The number of ether oxygens (including phenoxy) is 3. The Labute approximate surface area is 262 Å². The number of nitrogen functional groups attached to an aromatic ring is 2. The van der Waals surface area contributed by atoms with Crippen LogP contribution in [-0.2, 0) is 41.4 Å². The fraction of sp³-hybridized carbons (Fsp3) is 0.524. The molecule has 8 heterocycles. The van der Waals surface area contributed by atoms with E-state index in [9.17, 15) is 14.2 Å². The Morgan fingerprint density at radius 2 is 1.47 bits per heavy atom. The van der Waals surface area contributed by atoms with Crippen molar-refractivity contribution in [1.29, 1.82) is 0 Å². The van der Waals surface area contributed by atoms with Gasteiger partial charge in [-0.2, -0.15) is 0 Å². The number of hydrogen-bond donors (Lipinski definition) is 5. The molecular formula is C21H24N10O10P2S2. The molecule has 8 rings (SSSR count). The highest BCUT2D eigenvalue weighted by Crippen LogP contribution is 2.63. The largest absolute Gasteiger partial charge is 0.387 e. The zero-order chi connectivity index (χ0) is 31.3. The van der Waals surface area contributed by atoms with Crippen molar-refractivity contribution >= 4 is 72.1 Å². The highest BCUT2D eigenvalue weighted by molar-refractivity contribution is 8.44. The number of hydrogen-bond acceptors (Lipinski definition) is 18. The first-order chi connectivity index (χ1) is 21.5. The second-order valence-corrected chi connectivity index (χ2v) is 16.4. The number of aliphatic hydroxyl groups excluding tert-OH is 1. The van der Waals surface area contributed by atoms with Crippen molar-refractivity contribution in [2.75, 3.05) is 31.3 Å². The van der Waals surface area contributed by atoms with Gasteiger partial charge in [0.1, 0.15) is 59.8 Å². The van der Waals surface area contributed by atoms with E-state index in [-0.39, 0.29) is 29.4 Å². The second kappa shape index (κ2) is 10.5. The summed E-state index contributed by atoms with van der Waals surface area (Å²) in [4.78, 5) is 24.8. The normalized spacial score (nSPS) is 40.3. The smallest absolute Gasteiger partial charge is 0.386 e. The molecule has 4 aliphatic rings. The average molecular weight is 703 g/mol. The number of imidazole rings is 2. The topological polar surface area (TPSA) is 258 Å². The summed E-state index contributed by atoms with van der Waals surface area (Å²) in [6.07, 6.45) is -2.87. The number of aromatic nitrogens is 8. The van der Waals surface area contributed by atoms with E-state index < -0.39 is 75.4 Å². The van der Waals surface area contributed by atoms with Crippen LogP contribution in [0.4, 0.5) is 11.6 Å². The van der Waals surface area contributed by atoms with E-state index in [2.05, 4.69) is 54.4 Å². The van der Waals surface area contributed by atoms with Gasteiger partial charge in [0.15, 0.2) is 35.4 Å². The Kier molecular flexibility index (Phi) is 7.00. The third-order valence-corrected chi connectivity index (χ3v) is 11.2. The van der Waals surface area contributed by atoms with Gasteiger partial charge in [0.25, 0.3) is 0 Å². The fourth-order valence-corrected chi connectivity index (χ4v) is 8.88. The summed E-state index contributed by atoms with van der Waals surface area (Å²) in [5, 5.41) is 11.2. The summed E-state index contributed by atoms with van der Waals surface area (Å²) in [5.41, 5.74) is 11.6. The summed E-state index contributed by atoms with van der Waals surface area (Å²) in [5.74, 6) is 0.259. The van der Waals surface area contributed by atoms with Crippen molar-refractivity contribution in [3.8, 4) is 0 Å². The standard InChI is InChI=1S/C21H24N10O10P2S2/c22-15-9-17(26-4-24-15)30(6-28-9)19-12-11(32)8(38-19)1-36-42(33,44)41-14-13-20(31-7-29-10-16(23)25-5-27-18(10)31)39-21(14,2-35-13)3-37-43(34,45)40-12/h4-8,11-14,19-20,32H,1-3H2,(H,33,44)(H,34,45)(H2,22,24,26)(H2,23,25,27)/t8-,11-,12-,13-,14+,19-,20-,21-,42-,43+/m1/s1. The van der Waals surface area contributed by atoms with Crippen LogP contribution in [0.1, 0.15) is 12.5 Å². The summed E-state index contributed by atoms with van der Waals surface area (Å²) >= 11 is 8.38. The van der Waals surface area contributed by atoms with Crippen LogP contribution in [-0.4, -0.2) is 100 Å². The molecule has 0 saturated carbocycles. The molecular weight excluding hydrogens is 678 g/mol. The molecule has 0 aromatic carbocycles. The number of thiol groups is 2. The van der Waals surface area contributed by atoms with Gasteiger partial charge in [0, 0.05) is 0 Å². The van der Waals surface area contributed by atoms with Gasteiger partial charge >= 0.3 is 13.6 Å². The number of fused-ring (bicyclic) bond motifs is 4. The van der Waals surface area contributed by atoms with E-state index in [0.29, 0.717) is 11.2 Å². The van der Waals surface area contributed by atoms with Crippen LogP contribution in [0.2, 0.25) is 0 Å². The Morgan fingerprint density at radius 3 is 2.13 bits per heavy atom. The lowest BCUT2D eigenvalue weighted by Gasteiger charge is -2.32. The third kappa shape index (κ3) is 4.86. The van der Waals surface area contributed by atoms with Crippen molar-refractivity contribution < 1.29 is 46.5 Å². The molecule has 4 saturated heterocycles. The predicted molar refractivity (Wildman–Crippen MR) is 157 cm³/mol. The van der Waals surface area contributed by atoms with E-state index in [4.69, 9.17) is 43.8 Å². The molecule has 20 nitrogen and oxygen atoms in total. The Hall–Kier alpha value is -2.46. The molecule has 4 aromatic heterocycles. The number of nitrogens with two attached hydrogens (primary N) is 2. The lowest BCUT2D eigenvalue weighted by atomic mass is 10.0. The van der Waals surface area contributed by atoms with Crippen molar-refractivity contribution in [3.63, 3.8) is 0 Å². The molecule has 4 fully saturated rings. The zero-order valence-electron chi connectivity index (χ0n) is 22.6. The predicted octanol–water partition coefficient (Wildman–Crippen LogP) is 0.648. The molecule has 10 atom stereocenters. The molecule has 45 heavy (non-hydrogen) atoms. The van der Waals surface area contributed by atoms with E-state index >= 15 is 0 Å². The quantitative estimate of drug-likeness (QED) is 0.142. The van der Waals surface area contributed by atoms with Crippen molar-refractivity contribution in [2.24, 2.45) is 0 Å². The first kappa shape index (κ1) is 29.9. The molecule has 4 aromatic rings. The summed E-state index contributed by atoms with van der Waals surface area (Å²) in [6.45, 7) is -9.57. The van der Waals surface area contributed by atoms with Gasteiger partial charge in [-0.1, -0.05) is 24.5 Å². The highest BCUT2D eigenvalue weighted by Gasteiger charge is 2.66. The van der Waals surface area contributed by atoms with Crippen LogP contribution < -0.4 is 11.5 Å². The minimum atomic E-state index is -4.30. The first-order valence-corrected chi connectivity index (χ1v) is 18.6. The molecule has 0 unspecified atom stereocenters. The van der Waals surface area contributed by atoms with Crippen molar-refractivity contribution in [2.45, 2.75) is 48.6 Å². The maximum atomic E-state index is 13.7. The van der Waals surface area contributed by atoms with Gasteiger partial charge < -0.3 is 30.8 Å². The maximum absolute atomic E-state index is 13.7. The highest BCUT2D eigenvalue weighted by atomic mass is 32.7. The lowest BCUT2D eigenvalue weighted by molar-refractivity contribution is -0.182. The first-order valence-electron chi connectivity index (χ1n) is 13.3. The van der Waals surface area contributed by atoms with Crippen LogP contribution in [0.3, 0.4) is 0 Å². The second-order valence-electron chi connectivity index (χ2n) is 10.7. The number of nitrogens with zero attached hydrogens (tertiary/aromatic N) is 8. The third-order valence-electron chi connectivity index (χ3n) is 7.98. The summed E-state index contributed by atoms with van der Waals surface area (Å²) in [7, 11) is 0. The SMILES string of the molecule is Nc1ncnc2c1ncn2[C@@H]1O[C@@H]2CO[P@@](=O)(S)O[C@H]3[C@H]4OC[C@]3(CO[P@](=O)(S)O[C@@H]1[C@@H]2O)O[C@H]4n1cnc2c(N)ncnc21. The van der Waals surface area contributed by atoms with Crippen molar-refractivity contribution in [1.82, 2.24) is 39.0 Å². The zero-order valence-corrected chi connectivity index (χ0v) is 26.2. The van der Waals surface area contributed by atoms with Crippen LogP contribution in [0, 0.1) is 0 Å². The van der Waals surface area contributed by atoms with Gasteiger partial charge in [-0.3, -0.25) is 27.2 Å². The Balaban J connectivity index is 1.14. The number of aliphatic hydroxyl groups is 1. The summed E-state index contributed by atoms with van der Waals surface area (Å²) < 4.78 is 71.9. The van der Waals surface area contributed by atoms with Gasteiger partial charge in [-0.05, 0) is 0 Å². The number of rotatable bonds is 2. The molecule has 0 radical (unpaired) electrons. The van der Waals surface area contributed by atoms with E-state index in [1.54, 1.807) is 4.57 Å². The molecule has 24 heteroatoms. The molecule has 5 N–H and O–H groups in total. The van der Waals surface area contributed by atoms with Crippen LogP contribution in [0.5, 0.6) is 0 Å². The van der Waals surface area contributed by atoms with Gasteiger partial charge in [0.05, 0.1) is 32.5 Å². The van der Waals surface area contributed by atoms with Crippen LogP contribution >= 0.6 is 38.1 Å². The van der Waals surface area contributed by atoms with Gasteiger partial charge in [-0.25, -0.2) is 39.0 Å². The van der Waals surface area contributed by atoms with Gasteiger partial charge in [-0.15, -0.1) is 0 Å². The molecule has 0 amide bonds. The van der Waals surface area contributed by atoms with Crippen LogP contribution in [0.25, 0.3) is 22.3 Å². The van der Waals surface area contributed by atoms with E-state index in [0.717, 1.165) is 0 Å². The minimum absolute atomic E-state index is 0.105. The van der Waals surface area contributed by atoms with E-state index in [1.165, 1.54) is 29.9 Å². The molecule has 0 spiro atoms. The minimum Gasteiger partial charge on any atom is -0.387 e. The molecule has 0 aliphatic carbocycles. The van der Waals surface area contributed by atoms with E-state index in [1.807, 2.05) is 0 Å². The van der Waals surface area contributed by atoms with Gasteiger partial charge in [0.2, 0.25) is 0 Å². The average Bonchev–Trinajstić information content (AvgIpc) is 3.80. The number of anilines is 2. The molecule has 4 aliphatic heterocycles. The van der Waals surface area contributed by atoms with Crippen LogP contribution in [0.15, 0.2) is 25.3 Å². The Bertz CT molecular complexity index is 1920. The Morgan fingerprint density at radius 1 is 0.844 bits per heavy atom. The monoisotopic (exact) mass is 702 g/mol.